The molecule has 1 heterocycles. The van der Waals surface area contributed by atoms with E-state index in [1.54, 1.807) is 0 Å². The molecule has 1 N–H and O–H groups in total. The third-order valence-corrected chi connectivity index (χ3v) is 3.48. The molecular formula is C13H23NO2. The molecule has 92 valence electrons. The Hall–Kier alpha value is -0.380. The van der Waals surface area contributed by atoms with E-state index in [9.17, 15) is 0 Å². The first kappa shape index (κ1) is 12.1. The molecule has 0 unspecified atom stereocenters. The number of rotatable bonds is 3. The number of ether oxygens (including phenoxy) is 2. The maximum atomic E-state index is 5.71. The lowest BCUT2D eigenvalue weighted by Crippen LogP contribution is -2.42. The Labute approximate surface area is 98.2 Å². The van der Waals surface area contributed by atoms with Crippen LogP contribution in [-0.4, -0.2) is 31.6 Å². The van der Waals surface area contributed by atoms with E-state index < -0.39 is 0 Å². The molecule has 1 saturated heterocycles. The number of hydrogen-bond donors (Lipinski definition) is 1. The van der Waals surface area contributed by atoms with Gasteiger partial charge in [0.2, 0.25) is 0 Å². The zero-order chi connectivity index (χ0) is 11.4. The highest BCUT2D eigenvalue weighted by molar-refractivity contribution is 4.95. The van der Waals surface area contributed by atoms with Crippen molar-refractivity contribution in [2.24, 2.45) is 0 Å². The molecule has 1 aliphatic carbocycles. The fourth-order valence-corrected chi connectivity index (χ4v) is 2.48. The highest BCUT2D eigenvalue weighted by Gasteiger charge is 2.39. The van der Waals surface area contributed by atoms with Crippen LogP contribution in [0.4, 0.5) is 0 Å². The van der Waals surface area contributed by atoms with Crippen LogP contribution in [0.3, 0.4) is 0 Å². The molecule has 2 rings (SSSR count). The third-order valence-electron chi connectivity index (χ3n) is 3.48. The van der Waals surface area contributed by atoms with E-state index in [2.05, 4.69) is 25.2 Å². The van der Waals surface area contributed by atoms with E-state index in [0.29, 0.717) is 6.04 Å². The van der Waals surface area contributed by atoms with E-state index in [4.69, 9.17) is 9.47 Å². The highest BCUT2D eigenvalue weighted by Crippen LogP contribution is 2.35. The third kappa shape index (κ3) is 3.06. The van der Waals surface area contributed by atoms with Gasteiger partial charge in [0, 0.05) is 25.4 Å². The summed E-state index contributed by atoms with van der Waals surface area (Å²) in [5.74, 6) is -0.214. The van der Waals surface area contributed by atoms with Gasteiger partial charge in [0.25, 0.3) is 0 Å². The zero-order valence-electron chi connectivity index (χ0n) is 10.4. The number of nitrogens with one attached hydrogen (secondary N) is 1. The standard InChI is InChI=1S/C13H23NO2/c1-11(2)5-8-14-12-3-6-13(7-4-12)15-9-10-16-13/h5,12,14H,3-4,6-10H2,1-2H3. The van der Waals surface area contributed by atoms with Gasteiger partial charge >= 0.3 is 0 Å². The van der Waals surface area contributed by atoms with Gasteiger partial charge in [-0.25, -0.2) is 0 Å². The van der Waals surface area contributed by atoms with E-state index in [1.165, 1.54) is 5.57 Å². The van der Waals surface area contributed by atoms with Gasteiger partial charge < -0.3 is 14.8 Å². The second kappa shape index (κ2) is 5.30. The first-order valence-corrected chi connectivity index (χ1v) is 6.35. The maximum absolute atomic E-state index is 5.71. The van der Waals surface area contributed by atoms with Crippen LogP contribution < -0.4 is 5.32 Å². The highest BCUT2D eigenvalue weighted by atomic mass is 16.7. The van der Waals surface area contributed by atoms with Crippen molar-refractivity contribution in [3.05, 3.63) is 11.6 Å². The minimum atomic E-state index is -0.214. The normalized spacial score (nSPS) is 24.9. The molecule has 0 aromatic rings. The lowest BCUT2D eigenvalue weighted by atomic mass is 9.90. The Bertz CT molecular complexity index is 243. The largest absolute Gasteiger partial charge is 0.348 e. The Morgan fingerprint density at radius 2 is 1.88 bits per heavy atom. The molecule has 0 aromatic carbocycles. The summed E-state index contributed by atoms with van der Waals surface area (Å²) in [7, 11) is 0. The monoisotopic (exact) mass is 225 g/mol. The van der Waals surface area contributed by atoms with E-state index in [-0.39, 0.29) is 5.79 Å². The molecule has 0 aromatic heterocycles. The first-order chi connectivity index (χ1) is 7.70. The Morgan fingerprint density at radius 1 is 1.25 bits per heavy atom. The summed E-state index contributed by atoms with van der Waals surface area (Å²) in [5.41, 5.74) is 1.38. The molecular weight excluding hydrogens is 202 g/mol. The summed E-state index contributed by atoms with van der Waals surface area (Å²) in [5, 5.41) is 3.57. The first-order valence-electron chi connectivity index (χ1n) is 6.35. The van der Waals surface area contributed by atoms with Crippen LogP contribution in [0, 0.1) is 0 Å². The predicted molar refractivity (Wildman–Crippen MR) is 64.3 cm³/mol. The van der Waals surface area contributed by atoms with Crippen LogP contribution in [-0.2, 0) is 9.47 Å². The molecule has 1 aliphatic heterocycles. The molecule has 2 fully saturated rings. The fourth-order valence-electron chi connectivity index (χ4n) is 2.48. The molecule has 1 saturated carbocycles. The summed E-state index contributed by atoms with van der Waals surface area (Å²) in [4.78, 5) is 0. The van der Waals surface area contributed by atoms with Crippen LogP contribution >= 0.6 is 0 Å². The predicted octanol–water partition coefficient (Wildman–Crippen LogP) is 2.23. The Morgan fingerprint density at radius 3 is 2.44 bits per heavy atom. The smallest absolute Gasteiger partial charge is 0.168 e. The molecule has 3 heteroatoms. The number of hydrogen-bond acceptors (Lipinski definition) is 3. The summed E-state index contributed by atoms with van der Waals surface area (Å²) >= 11 is 0. The summed E-state index contributed by atoms with van der Waals surface area (Å²) in [6.45, 7) is 6.81. The summed E-state index contributed by atoms with van der Waals surface area (Å²) < 4.78 is 11.4. The lowest BCUT2D eigenvalue weighted by Gasteiger charge is -2.35. The SMILES string of the molecule is CC(C)=CCNC1CCC2(CC1)OCCO2. The van der Waals surface area contributed by atoms with Crippen molar-refractivity contribution in [1.29, 1.82) is 0 Å². The molecule has 0 radical (unpaired) electrons. The van der Waals surface area contributed by atoms with Crippen molar-refractivity contribution < 1.29 is 9.47 Å². The maximum Gasteiger partial charge on any atom is 0.168 e. The molecule has 0 atom stereocenters. The van der Waals surface area contributed by atoms with E-state index in [0.717, 1.165) is 45.4 Å². The van der Waals surface area contributed by atoms with E-state index >= 15 is 0 Å². The molecule has 0 bridgehead atoms. The average molecular weight is 225 g/mol. The quantitative estimate of drug-likeness (QED) is 0.747. The van der Waals surface area contributed by atoms with Gasteiger partial charge in [0.05, 0.1) is 13.2 Å². The lowest BCUT2D eigenvalue weighted by molar-refractivity contribution is -0.179. The van der Waals surface area contributed by atoms with Gasteiger partial charge in [-0.3, -0.25) is 0 Å². The van der Waals surface area contributed by atoms with Gasteiger partial charge in [0.15, 0.2) is 5.79 Å². The number of allylic oxidation sites excluding steroid dienone is 1. The summed E-state index contributed by atoms with van der Waals surface area (Å²) in [6.07, 6.45) is 6.65. The van der Waals surface area contributed by atoms with Crippen LogP contribution in [0.25, 0.3) is 0 Å². The minimum Gasteiger partial charge on any atom is -0.348 e. The van der Waals surface area contributed by atoms with Gasteiger partial charge in [-0.1, -0.05) is 11.6 Å². The van der Waals surface area contributed by atoms with Crippen LogP contribution in [0.5, 0.6) is 0 Å². The topological polar surface area (TPSA) is 30.5 Å². The van der Waals surface area contributed by atoms with Crippen molar-refractivity contribution in [2.75, 3.05) is 19.8 Å². The van der Waals surface area contributed by atoms with Crippen molar-refractivity contribution in [3.8, 4) is 0 Å². The Kier molecular flexibility index (Phi) is 4.00. The molecule has 3 nitrogen and oxygen atoms in total. The minimum absolute atomic E-state index is 0.214. The second-order valence-electron chi connectivity index (χ2n) is 5.07. The molecule has 0 amide bonds. The molecule has 1 spiro atoms. The molecule has 16 heavy (non-hydrogen) atoms. The zero-order valence-corrected chi connectivity index (χ0v) is 10.4. The van der Waals surface area contributed by atoms with Gasteiger partial charge in [-0.05, 0) is 26.7 Å². The van der Waals surface area contributed by atoms with Crippen molar-refractivity contribution in [2.45, 2.75) is 51.4 Å². The van der Waals surface area contributed by atoms with Crippen molar-refractivity contribution >= 4 is 0 Å². The second-order valence-corrected chi connectivity index (χ2v) is 5.07. The van der Waals surface area contributed by atoms with Gasteiger partial charge in [0.1, 0.15) is 0 Å². The van der Waals surface area contributed by atoms with Crippen LogP contribution in [0.2, 0.25) is 0 Å². The average Bonchev–Trinajstić information content (AvgIpc) is 2.70. The molecule has 2 aliphatic rings. The van der Waals surface area contributed by atoms with Gasteiger partial charge in [-0.2, -0.15) is 0 Å². The summed E-state index contributed by atoms with van der Waals surface area (Å²) in [6, 6.07) is 0.633. The Balaban J connectivity index is 1.71. The van der Waals surface area contributed by atoms with Crippen molar-refractivity contribution in [1.82, 2.24) is 5.32 Å². The van der Waals surface area contributed by atoms with E-state index in [1.807, 2.05) is 0 Å². The van der Waals surface area contributed by atoms with Crippen molar-refractivity contribution in [3.63, 3.8) is 0 Å². The van der Waals surface area contributed by atoms with Crippen LogP contribution in [0.1, 0.15) is 39.5 Å². The van der Waals surface area contributed by atoms with Crippen LogP contribution in [0.15, 0.2) is 11.6 Å². The fraction of sp³-hybridized carbons (Fsp3) is 0.846. The van der Waals surface area contributed by atoms with Gasteiger partial charge in [-0.15, -0.1) is 0 Å².